The summed E-state index contributed by atoms with van der Waals surface area (Å²) in [6.07, 6.45) is -0.620. The van der Waals surface area contributed by atoms with Gasteiger partial charge in [-0.1, -0.05) is 30.3 Å². The highest BCUT2D eigenvalue weighted by molar-refractivity contribution is 7.89. The van der Waals surface area contributed by atoms with Crippen LogP contribution in [0.3, 0.4) is 0 Å². The molecule has 1 amide bonds. The molecule has 3 N–H and O–H groups in total. The standard InChI is InChI=1S/C24H23FN2O5S/c1-26-24(29)22-20-14-17(16-3-2-4-19(13-16)33(30,31)27-11-12-28)7-10-21(20)32-23(22)15-5-8-18(25)9-6-15/h2-10,13-14,22-23,27-28H,11-12H2,1H3,(H,26,29). The second-order valence-electron chi connectivity index (χ2n) is 7.58. The first kappa shape index (κ1) is 22.9. The minimum atomic E-state index is -3.77. The average molecular weight is 471 g/mol. The SMILES string of the molecule is CNC(=O)C1c2cc(-c3cccc(S(=O)(=O)NCCO)c3)ccc2OC1c1ccc(F)cc1. The molecule has 4 rings (SSSR count). The van der Waals surface area contributed by atoms with E-state index in [9.17, 15) is 17.6 Å². The van der Waals surface area contributed by atoms with E-state index in [0.717, 1.165) is 0 Å². The van der Waals surface area contributed by atoms with E-state index in [-0.39, 0.29) is 29.8 Å². The van der Waals surface area contributed by atoms with Gasteiger partial charge < -0.3 is 15.2 Å². The molecule has 7 nitrogen and oxygen atoms in total. The van der Waals surface area contributed by atoms with Crippen molar-refractivity contribution in [3.8, 4) is 16.9 Å². The van der Waals surface area contributed by atoms with Gasteiger partial charge in [0, 0.05) is 19.2 Å². The first-order chi connectivity index (χ1) is 15.8. The van der Waals surface area contributed by atoms with Crippen molar-refractivity contribution in [2.45, 2.75) is 16.9 Å². The lowest BCUT2D eigenvalue weighted by Crippen LogP contribution is -2.28. The number of aliphatic hydroxyl groups excluding tert-OH is 1. The highest BCUT2D eigenvalue weighted by atomic mass is 32.2. The number of carbonyl (C=O) groups is 1. The third-order valence-corrected chi connectivity index (χ3v) is 6.97. The van der Waals surface area contributed by atoms with E-state index < -0.39 is 22.0 Å². The van der Waals surface area contributed by atoms with Crippen LogP contribution in [0.1, 0.15) is 23.1 Å². The van der Waals surface area contributed by atoms with Gasteiger partial charge in [0.25, 0.3) is 0 Å². The average Bonchev–Trinajstić information content (AvgIpc) is 3.21. The van der Waals surface area contributed by atoms with E-state index in [1.54, 1.807) is 43.4 Å². The van der Waals surface area contributed by atoms with Crippen molar-refractivity contribution in [1.82, 2.24) is 10.0 Å². The molecule has 0 saturated heterocycles. The Morgan fingerprint density at radius 1 is 1.06 bits per heavy atom. The number of rotatable bonds is 7. The van der Waals surface area contributed by atoms with Crippen LogP contribution in [0.2, 0.25) is 0 Å². The molecule has 3 aromatic carbocycles. The van der Waals surface area contributed by atoms with Crippen molar-refractivity contribution in [2.75, 3.05) is 20.2 Å². The quantitative estimate of drug-likeness (QED) is 0.493. The second-order valence-corrected chi connectivity index (χ2v) is 9.35. The number of sulfonamides is 1. The minimum Gasteiger partial charge on any atom is -0.484 e. The molecule has 0 aliphatic carbocycles. The first-order valence-electron chi connectivity index (χ1n) is 10.3. The van der Waals surface area contributed by atoms with Crippen LogP contribution in [0.4, 0.5) is 4.39 Å². The Morgan fingerprint density at radius 2 is 1.79 bits per heavy atom. The van der Waals surface area contributed by atoms with E-state index in [4.69, 9.17) is 9.84 Å². The Morgan fingerprint density at radius 3 is 2.48 bits per heavy atom. The van der Waals surface area contributed by atoms with Gasteiger partial charge in [-0.15, -0.1) is 0 Å². The predicted molar refractivity (Wildman–Crippen MR) is 121 cm³/mol. The Kier molecular flexibility index (Phi) is 6.46. The summed E-state index contributed by atoms with van der Waals surface area (Å²) in [4.78, 5) is 12.9. The zero-order valence-electron chi connectivity index (χ0n) is 17.8. The van der Waals surface area contributed by atoms with E-state index >= 15 is 0 Å². The van der Waals surface area contributed by atoms with Crippen LogP contribution in [-0.4, -0.2) is 39.6 Å². The fourth-order valence-corrected chi connectivity index (χ4v) is 4.97. The van der Waals surface area contributed by atoms with Crippen molar-refractivity contribution in [2.24, 2.45) is 0 Å². The zero-order chi connectivity index (χ0) is 23.6. The van der Waals surface area contributed by atoms with E-state index in [1.165, 1.54) is 24.3 Å². The molecule has 0 saturated carbocycles. The Balaban J connectivity index is 1.72. The number of aliphatic hydroxyl groups is 1. The van der Waals surface area contributed by atoms with Crippen LogP contribution in [0.15, 0.2) is 71.6 Å². The number of halogens is 1. The maximum absolute atomic E-state index is 13.4. The smallest absolute Gasteiger partial charge is 0.240 e. The lowest BCUT2D eigenvalue weighted by Gasteiger charge is -2.18. The number of amides is 1. The molecule has 0 aromatic heterocycles. The molecule has 0 bridgehead atoms. The molecule has 0 spiro atoms. The van der Waals surface area contributed by atoms with Gasteiger partial charge in [0.15, 0.2) is 0 Å². The second kappa shape index (κ2) is 9.30. The van der Waals surface area contributed by atoms with Gasteiger partial charge in [-0.2, -0.15) is 0 Å². The van der Waals surface area contributed by atoms with Crippen LogP contribution in [0.25, 0.3) is 11.1 Å². The first-order valence-corrected chi connectivity index (χ1v) is 11.8. The molecule has 2 unspecified atom stereocenters. The van der Waals surface area contributed by atoms with Gasteiger partial charge >= 0.3 is 0 Å². The normalized spacial score (nSPS) is 17.3. The van der Waals surface area contributed by atoms with Crippen molar-refractivity contribution < 1.29 is 27.4 Å². The molecule has 0 fully saturated rings. The summed E-state index contributed by atoms with van der Waals surface area (Å²) in [5, 5.41) is 11.6. The topological polar surface area (TPSA) is 105 Å². The minimum absolute atomic E-state index is 0.0669. The Labute approximate surface area is 191 Å². The van der Waals surface area contributed by atoms with Gasteiger partial charge in [-0.05, 0) is 53.1 Å². The molecule has 3 aromatic rings. The van der Waals surface area contributed by atoms with Gasteiger partial charge in [-0.3, -0.25) is 4.79 Å². The Bertz CT molecular complexity index is 1280. The monoisotopic (exact) mass is 470 g/mol. The highest BCUT2D eigenvalue weighted by Crippen LogP contribution is 2.47. The van der Waals surface area contributed by atoms with Crippen molar-refractivity contribution in [3.05, 3.63) is 83.7 Å². The number of hydrogen-bond acceptors (Lipinski definition) is 5. The molecular formula is C24H23FN2O5S. The maximum atomic E-state index is 13.4. The summed E-state index contributed by atoms with van der Waals surface area (Å²) in [7, 11) is -2.23. The summed E-state index contributed by atoms with van der Waals surface area (Å²) in [6.45, 7) is -0.388. The van der Waals surface area contributed by atoms with Crippen LogP contribution < -0.4 is 14.8 Å². The lowest BCUT2D eigenvalue weighted by atomic mass is 9.88. The maximum Gasteiger partial charge on any atom is 0.240 e. The molecule has 1 aliphatic heterocycles. The molecule has 1 heterocycles. The van der Waals surface area contributed by atoms with Crippen LogP contribution in [0, 0.1) is 5.82 Å². The zero-order valence-corrected chi connectivity index (χ0v) is 18.6. The molecule has 172 valence electrons. The predicted octanol–water partition coefficient (Wildman–Crippen LogP) is 2.73. The van der Waals surface area contributed by atoms with Gasteiger partial charge in [0.05, 0.1) is 11.5 Å². The van der Waals surface area contributed by atoms with Gasteiger partial charge in [0.2, 0.25) is 15.9 Å². The summed E-state index contributed by atoms with van der Waals surface area (Å²) in [5.41, 5.74) is 2.69. The van der Waals surface area contributed by atoms with Crippen molar-refractivity contribution in [1.29, 1.82) is 0 Å². The number of nitrogens with one attached hydrogen (secondary N) is 2. The molecule has 1 aliphatic rings. The van der Waals surface area contributed by atoms with Gasteiger partial charge in [0.1, 0.15) is 23.6 Å². The van der Waals surface area contributed by atoms with Gasteiger partial charge in [-0.25, -0.2) is 17.5 Å². The van der Waals surface area contributed by atoms with E-state index in [2.05, 4.69) is 10.0 Å². The largest absolute Gasteiger partial charge is 0.484 e. The molecule has 2 atom stereocenters. The van der Waals surface area contributed by atoms with Crippen molar-refractivity contribution >= 4 is 15.9 Å². The Hall–Kier alpha value is -3.27. The number of benzene rings is 3. The number of hydrogen-bond donors (Lipinski definition) is 3. The fourth-order valence-electron chi connectivity index (χ4n) is 3.90. The third kappa shape index (κ3) is 4.61. The number of ether oxygens (including phenoxy) is 1. The third-order valence-electron chi connectivity index (χ3n) is 5.51. The summed E-state index contributed by atoms with van der Waals surface area (Å²) < 4.78 is 46.7. The number of carbonyl (C=O) groups excluding carboxylic acids is 1. The molecule has 33 heavy (non-hydrogen) atoms. The summed E-state index contributed by atoms with van der Waals surface area (Å²) in [6, 6.07) is 17.6. The lowest BCUT2D eigenvalue weighted by molar-refractivity contribution is -0.123. The van der Waals surface area contributed by atoms with Crippen LogP contribution >= 0.6 is 0 Å². The summed E-state index contributed by atoms with van der Waals surface area (Å²) in [5.74, 6) is -0.746. The van der Waals surface area contributed by atoms with E-state index in [1.807, 2.05) is 6.07 Å². The van der Waals surface area contributed by atoms with Crippen LogP contribution in [0.5, 0.6) is 5.75 Å². The molecular weight excluding hydrogens is 447 g/mol. The highest BCUT2D eigenvalue weighted by Gasteiger charge is 2.40. The van der Waals surface area contributed by atoms with Crippen molar-refractivity contribution in [3.63, 3.8) is 0 Å². The molecule has 9 heteroatoms. The fraction of sp³-hybridized carbons (Fsp3) is 0.208. The number of likely N-dealkylation sites (N-methyl/N-ethyl adjacent to an activating group) is 1. The summed E-state index contributed by atoms with van der Waals surface area (Å²) >= 11 is 0. The molecule has 0 radical (unpaired) electrons. The van der Waals surface area contributed by atoms with E-state index in [0.29, 0.717) is 28.0 Å². The van der Waals surface area contributed by atoms with Crippen LogP contribution in [-0.2, 0) is 14.8 Å². The number of fused-ring (bicyclic) bond motifs is 1.